The minimum absolute atomic E-state index is 0.0428. The zero-order chi connectivity index (χ0) is 23.9. The molecule has 0 saturated carbocycles. The van der Waals surface area contributed by atoms with Crippen LogP contribution in [0.5, 0.6) is 11.5 Å². The molecule has 1 aliphatic heterocycles. The molecule has 4 rings (SSSR count). The molecule has 174 valence electrons. The summed E-state index contributed by atoms with van der Waals surface area (Å²) in [5.41, 5.74) is 5.51. The second kappa shape index (κ2) is 11.0. The van der Waals surface area contributed by atoms with Crippen LogP contribution in [0, 0.1) is 13.8 Å². The fraction of sp³-hybridized carbons (Fsp3) is 0.222. The minimum atomic E-state index is -0.211. The van der Waals surface area contributed by atoms with Crippen molar-refractivity contribution in [3.05, 3.63) is 94.5 Å². The number of hydrogen-bond donors (Lipinski definition) is 1. The van der Waals surface area contributed by atoms with Crippen molar-refractivity contribution in [2.45, 2.75) is 32.1 Å². The normalized spacial score (nSPS) is 16.7. The van der Waals surface area contributed by atoms with E-state index in [1.807, 2.05) is 48.5 Å². The second-order valence-corrected chi connectivity index (χ2v) is 9.24. The molecule has 7 heteroatoms. The van der Waals surface area contributed by atoms with Gasteiger partial charge in [0.05, 0.1) is 18.6 Å². The van der Waals surface area contributed by atoms with Crippen molar-refractivity contribution in [2.75, 3.05) is 7.11 Å². The largest absolute Gasteiger partial charge is 0.493 e. The van der Waals surface area contributed by atoms with E-state index in [4.69, 9.17) is 9.47 Å². The molecule has 1 N–H and O–H groups in total. The minimum Gasteiger partial charge on any atom is -0.493 e. The number of rotatable bonds is 8. The summed E-state index contributed by atoms with van der Waals surface area (Å²) in [4.78, 5) is 12.4. The number of hydrogen-bond acceptors (Lipinski definition) is 6. The van der Waals surface area contributed by atoms with Gasteiger partial charge in [0.15, 0.2) is 16.7 Å². The van der Waals surface area contributed by atoms with Gasteiger partial charge in [0, 0.05) is 0 Å². The SMILES string of the molecule is COc1cc(/C=N\N=C2/NC(=O)[C@H](Cc3ccc(C)c(C)c3)S2)ccc1OCc1ccccc1. The lowest BCUT2D eigenvalue weighted by Crippen LogP contribution is -2.25. The quantitative estimate of drug-likeness (QED) is 0.367. The lowest BCUT2D eigenvalue weighted by Gasteiger charge is -2.11. The maximum absolute atomic E-state index is 12.4. The Balaban J connectivity index is 1.36. The maximum Gasteiger partial charge on any atom is 0.239 e. The van der Waals surface area contributed by atoms with Gasteiger partial charge in [-0.05, 0) is 66.3 Å². The van der Waals surface area contributed by atoms with Crippen LogP contribution in [-0.4, -0.2) is 29.6 Å². The van der Waals surface area contributed by atoms with Gasteiger partial charge in [-0.25, -0.2) is 0 Å². The maximum atomic E-state index is 12.4. The summed E-state index contributed by atoms with van der Waals surface area (Å²) in [6.45, 7) is 4.62. The highest BCUT2D eigenvalue weighted by Crippen LogP contribution is 2.28. The molecule has 0 unspecified atom stereocenters. The molecule has 0 radical (unpaired) electrons. The zero-order valence-corrected chi connectivity index (χ0v) is 20.3. The summed E-state index contributed by atoms with van der Waals surface area (Å²) in [5.74, 6) is 1.23. The van der Waals surface area contributed by atoms with Gasteiger partial charge in [0.25, 0.3) is 0 Å². The summed E-state index contributed by atoms with van der Waals surface area (Å²) in [6, 6.07) is 21.8. The summed E-state index contributed by atoms with van der Waals surface area (Å²) in [7, 11) is 1.60. The molecule has 3 aromatic carbocycles. The van der Waals surface area contributed by atoms with Crippen LogP contribution in [0.1, 0.15) is 27.8 Å². The van der Waals surface area contributed by atoms with Crippen molar-refractivity contribution in [2.24, 2.45) is 10.2 Å². The molecular weight excluding hydrogens is 446 g/mol. The summed E-state index contributed by atoms with van der Waals surface area (Å²) in [5, 5.41) is 11.5. The average molecular weight is 474 g/mol. The van der Waals surface area contributed by atoms with Crippen LogP contribution in [0.15, 0.2) is 76.9 Å². The second-order valence-electron chi connectivity index (χ2n) is 8.05. The third-order valence-electron chi connectivity index (χ3n) is 5.55. The Morgan fingerprint density at radius 2 is 1.79 bits per heavy atom. The number of carbonyl (C=O) groups is 1. The number of nitrogens with one attached hydrogen (secondary N) is 1. The molecule has 1 amide bonds. The topological polar surface area (TPSA) is 72.3 Å². The van der Waals surface area contributed by atoms with Gasteiger partial charge in [-0.3, -0.25) is 4.79 Å². The number of amides is 1. The number of nitrogens with zero attached hydrogens (tertiary/aromatic N) is 2. The first-order chi connectivity index (χ1) is 16.5. The highest BCUT2D eigenvalue weighted by molar-refractivity contribution is 8.15. The molecule has 34 heavy (non-hydrogen) atoms. The highest BCUT2D eigenvalue weighted by atomic mass is 32.2. The number of benzene rings is 3. The molecule has 3 aromatic rings. The lowest BCUT2D eigenvalue weighted by atomic mass is 10.0. The molecular formula is C27H27N3O3S. The van der Waals surface area contributed by atoms with Crippen molar-refractivity contribution >= 4 is 29.1 Å². The first-order valence-electron chi connectivity index (χ1n) is 11.0. The van der Waals surface area contributed by atoms with Crippen LogP contribution in [-0.2, 0) is 17.8 Å². The van der Waals surface area contributed by atoms with E-state index >= 15 is 0 Å². The molecule has 0 aliphatic carbocycles. The monoisotopic (exact) mass is 473 g/mol. The number of thioether (sulfide) groups is 1. The van der Waals surface area contributed by atoms with E-state index in [0.29, 0.717) is 29.7 Å². The molecule has 0 aromatic heterocycles. The highest BCUT2D eigenvalue weighted by Gasteiger charge is 2.30. The van der Waals surface area contributed by atoms with E-state index in [2.05, 4.69) is 47.6 Å². The van der Waals surface area contributed by atoms with Crippen LogP contribution < -0.4 is 14.8 Å². The number of aryl methyl sites for hydroxylation is 2. The van der Waals surface area contributed by atoms with Gasteiger partial charge in [-0.1, -0.05) is 60.3 Å². The summed E-state index contributed by atoms with van der Waals surface area (Å²) >= 11 is 1.40. The fourth-order valence-corrected chi connectivity index (χ4v) is 4.46. The van der Waals surface area contributed by atoms with Crippen molar-refractivity contribution in [1.29, 1.82) is 0 Å². The molecule has 0 spiro atoms. The van der Waals surface area contributed by atoms with Crippen molar-refractivity contribution < 1.29 is 14.3 Å². The Hall–Kier alpha value is -3.58. The molecule has 1 atom stereocenters. The fourth-order valence-electron chi connectivity index (χ4n) is 3.50. The Morgan fingerprint density at radius 3 is 2.56 bits per heavy atom. The van der Waals surface area contributed by atoms with Crippen molar-refractivity contribution in [3.63, 3.8) is 0 Å². The number of ether oxygens (including phenoxy) is 2. The standard InChI is InChI=1S/C27H27N3O3S/c1-18-9-10-21(13-19(18)2)15-25-26(31)29-27(34-25)30-28-16-22-11-12-23(24(14-22)32-3)33-17-20-7-5-4-6-8-20/h4-14,16,25H,15,17H2,1-3H3,(H,29,30,31)/b28-16-/t25-/m0/s1. The average Bonchev–Trinajstić information content (AvgIpc) is 3.19. The Bertz CT molecular complexity index is 1230. The van der Waals surface area contributed by atoms with Crippen LogP contribution in [0.3, 0.4) is 0 Å². The van der Waals surface area contributed by atoms with E-state index < -0.39 is 0 Å². The predicted octanol–water partition coefficient (Wildman–Crippen LogP) is 5.06. The van der Waals surface area contributed by atoms with Gasteiger partial charge in [-0.2, -0.15) is 5.10 Å². The Kier molecular flexibility index (Phi) is 7.65. The van der Waals surface area contributed by atoms with Gasteiger partial charge in [-0.15, -0.1) is 5.10 Å². The summed E-state index contributed by atoms with van der Waals surface area (Å²) < 4.78 is 11.4. The van der Waals surface area contributed by atoms with Crippen LogP contribution in [0.2, 0.25) is 0 Å². The molecule has 1 heterocycles. The lowest BCUT2D eigenvalue weighted by molar-refractivity contribution is -0.118. The molecule has 1 saturated heterocycles. The van der Waals surface area contributed by atoms with Crippen LogP contribution in [0.4, 0.5) is 0 Å². The van der Waals surface area contributed by atoms with Gasteiger partial charge in [0.2, 0.25) is 5.91 Å². The summed E-state index contributed by atoms with van der Waals surface area (Å²) in [6.07, 6.45) is 2.28. The van der Waals surface area contributed by atoms with E-state index in [-0.39, 0.29) is 11.2 Å². The van der Waals surface area contributed by atoms with E-state index in [0.717, 1.165) is 16.7 Å². The van der Waals surface area contributed by atoms with Gasteiger partial charge < -0.3 is 14.8 Å². The molecule has 6 nitrogen and oxygen atoms in total. The number of amidine groups is 1. The molecule has 1 fully saturated rings. The zero-order valence-electron chi connectivity index (χ0n) is 19.4. The third kappa shape index (κ3) is 6.05. The third-order valence-corrected chi connectivity index (χ3v) is 6.62. The first kappa shape index (κ1) is 23.6. The van der Waals surface area contributed by atoms with E-state index in [1.54, 1.807) is 13.3 Å². The number of carbonyl (C=O) groups excluding carboxylic acids is 1. The molecule has 1 aliphatic rings. The van der Waals surface area contributed by atoms with Crippen molar-refractivity contribution in [3.8, 4) is 11.5 Å². The predicted molar refractivity (Wildman–Crippen MR) is 138 cm³/mol. The first-order valence-corrected chi connectivity index (χ1v) is 11.9. The van der Waals surface area contributed by atoms with Gasteiger partial charge in [0.1, 0.15) is 6.61 Å². The van der Waals surface area contributed by atoms with E-state index in [1.165, 1.54) is 22.9 Å². The van der Waals surface area contributed by atoms with Crippen molar-refractivity contribution in [1.82, 2.24) is 5.32 Å². The Labute approximate surface area is 204 Å². The van der Waals surface area contributed by atoms with E-state index in [9.17, 15) is 4.79 Å². The smallest absolute Gasteiger partial charge is 0.239 e. The van der Waals surface area contributed by atoms with Crippen LogP contribution >= 0.6 is 11.8 Å². The number of methoxy groups -OCH3 is 1. The molecule has 0 bridgehead atoms. The van der Waals surface area contributed by atoms with Gasteiger partial charge >= 0.3 is 0 Å². The Morgan fingerprint density at radius 1 is 0.971 bits per heavy atom. The van der Waals surface area contributed by atoms with Crippen LogP contribution in [0.25, 0.3) is 0 Å².